The van der Waals surface area contributed by atoms with Gasteiger partial charge in [-0.05, 0) is 79.9 Å². The van der Waals surface area contributed by atoms with Gasteiger partial charge < -0.3 is 9.64 Å². The zero-order valence-electron chi connectivity index (χ0n) is 13.0. The first-order valence-electron chi connectivity index (χ1n) is 8.69. The van der Waals surface area contributed by atoms with E-state index in [-0.39, 0.29) is 0 Å². The van der Waals surface area contributed by atoms with Gasteiger partial charge in [0.1, 0.15) is 5.75 Å². The van der Waals surface area contributed by atoms with Crippen LogP contribution >= 0.6 is 0 Å². The van der Waals surface area contributed by atoms with Crippen LogP contribution in [0.4, 0.5) is 5.69 Å². The van der Waals surface area contributed by atoms with Gasteiger partial charge in [-0.2, -0.15) is 0 Å². The van der Waals surface area contributed by atoms with Crippen LogP contribution in [0.25, 0.3) is 0 Å². The summed E-state index contributed by atoms with van der Waals surface area (Å²) in [5.41, 5.74) is 3.39. The van der Waals surface area contributed by atoms with Gasteiger partial charge in [-0.25, -0.2) is 0 Å². The van der Waals surface area contributed by atoms with Crippen molar-refractivity contribution in [1.29, 1.82) is 0 Å². The predicted molar refractivity (Wildman–Crippen MR) is 85.1 cm³/mol. The van der Waals surface area contributed by atoms with E-state index in [9.17, 15) is 0 Å². The van der Waals surface area contributed by atoms with Crippen molar-refractivity contribution in [3.8, 4) is 5.75 Å². The third kappa shape index (κ3) is 1.84. The topological polar surface area (TPSA) is 12.2 Å². The lowest BCUT2D eigenvalue weighted by Crippen LogP contribution is -2.48. The molecule has 21 heavy (non-hydrogen) atoms. The second kappa shape index (κ2) is 4.18. The fraction of sp³-hybridized carbons (Fsp3) is 0.684. The average molecular weight is 283 g/mol. The van der Waals surface area contributed by atoms with Gasteiger partial charge in [0, 0.05) is 24.3 Å². The highest BCUT2D eigenvalue weighted by molar-refractivity contribution is 5.58. The molecule has 112 valence electrons. The Labute approximate surface area is 127 Å². The molecule has 0 unspecified atom stereocenters. The van der Waals surface area contributed by atoms with Crippen LogP contribution in [-0.4, -0.2) is 20.2 Å². The number of ether oxygens (including phenoxy) is 1. The summed E-state index contributed by atoms with van der Waals surface area (Å²) in [5, 5.41) is 0. The molecule has 5 aliphatic rings. The average Bonchev–Trinajstić information content (AvgIpc) is 3.30. The summed E-state index contributed by atoms with van der Waals surface area (Å²) in [6.45, 7) is 2.46. The Balaban J connectivity index is 1.60. The molecule has 4 aliphatic carbocycles. The number of hydrogen-bond donors (Lipinski definition) is 0. The highest BCUT2D eigenvalue weighted by Gasteiger charge is 2.52. The minimum absolute atomic E-state index is 0.437. The van der Waals surface area contributed by atoms with Crippen LogP contribution in [0.2, 0.25) is 0 Å². The lowest BCUT2D eigenvalue weighted by atomic mass is 9.48. The summed E-state index contributed by atoms with van der Waals surface area (Å²) in [5.74, 6) is 4.12. The van der Waals surface area contributed by atoms with E-state index in [2.05, 4.69) is 23.1 Å². The molecule has 4 bridgehead atoms. The number of anilines is 1. The molecule has 1 aromatic carbocycles. The maximum Gasteiger partial charge on any atom is 0.122 e. The summed E-state index contributed by atoms with van der Waals surface area (Å²) < 4.78 is 5.77. The maximum atomic E-state index is 5.77. The minimum atomic E-state index is 0.437. The van der Waals surface area contributed by atoms with Crippen molar-refractivity contribution in [3.63, 3.8) is 0 Å². The van der Waals surface area contributed by atoms with Crippen molar-refractivity contribution in [2.45, 2.75) is 43.9 Å². The molecule has 0 atom stereocenters. The standard InChI is InChI=1S/C19H25NO/c1-21-18-3-2-16(20-4-5-20)9-17(18)19-10-13-6-14(11-19)8-15(7-13)12-19/h2-3,9,13-15H,4-8,10-12H2,1H3. The Kier molecular flexibility index (Phi) is 2.46. The zero-order valence-corrected chi connectivity index (χ0v) is 13.0. The Morgan fingerprint density at radius 1 is 1.00 bits per heavy atom. The third-order valence-corrected chi connectivity index (χ3v) is 6.61. The Bertz CT molecular complexity index is 540. The molecule has 0 aromatic heterocycles. The van der Waals surface area contributed by atoms with Crippen LogP contribution in [-0.2, 0) is 5.41 Å². The van der Waals surface area contributed by atoms with Gasteiger partial charge in [0.05, 0.1) is 7.11 Å². The number of nitrogens with zero attached hydrogens (tertiary/aromatic N) is 1. The Hall–Kier alpha value is -1.18. The second-order valence-corrected chi connectivity index (χ2v) is 8.07. The van der Waals surface area contributed by atoms with E-state index < -0.39 is 0 Å². The Morgan fingerprint density at radius 2 is 1.62 bits per heavy atom. The van der Waals surface area contributed by atoms with Crippen LogP contribution in [0.3, 0.4) is 0 Å². The van der Waals surface area contributed by atoms with E-state index in [4.69, 9.17) is 4.74 Å². The molecule has 1 saturated heterocycles. The highest BCUT2D eigenvalue weighted by atomic mass is 16.5. The molecule has 4 saturated carbocycles. The van der Waals surface area contributed by atoms with Crippen LogP contribution < -0.4 is 9.64 Å². The molecule has 1 aliphatic heterocycles. The third-order valence-electron chi connectivity index (χ3n) is 6.61. The van der Waals surface area contributed by atoms with Crippen molar-refractivity contribution in [3.05, 3.63) is 23.8 Å². The first-order chi connectivity index (χ1) is 10.3. The summed E-state index contributed by atoms with van der Waals surface area (Å²) in [6.07, 6.45) is 8.77. The molecule has 2 nitrogen and oxygen atoms in total. The van der Waals surface area contributed by atoms with E-state index in [0.29, 0.717) is 5.41 Å². The fourth-order valence-corrected chi connectivity index (χ4v) is 6.06. The van der Waals surface area contributed by atoms with Crippen LogP contribution in [0, 0.1) is 17.8 Å². The zero-order chi connectivity index (χ0) is 14.0. The Morgan fingerprint density at radius 3 is 2.14 bits per heavy atom. The van der Waals surface area contributed by atoms with Crippen molar-refractivity contribution < 1.29 is 4.74 Å². The van der Waals surface area contributed by atoms with Gasteiger partial charge in [0.15, 0.2) is 0 Å². The summed E-state index contributed by atoms with van der Waals surface area (Å²) in [4.78, 5) is 2.46. The number of hydrogen-bond acceptors (Lipinski definition) is 2. The minimum Gasteiger partial charge on any atom is -0.496 e. The van der Waals surface area contributed by atoms with Gasteiger partial charge in [-0.15, -0.1) is 0 Å². The number of benzene rings is 1. The number of methoxy groups -OCH3 is 1. The van der Waals surface area contributed by atoms with Crippen LogP contribution in [0.15, 0.2) is 18.2 Å². The van der Waals surface area contributed by atoms with E-state index in [1.807, 2.05) is 7.11 Å². The molecule has 1 aromatic rings. The van der Waals surface area contributed by atoms with Crippen molar-refractivity contribution in [1.82, 2.24) is 0 Å². The van der Waals surface area contributed by atoms with E-state index in [1.54, 1.807) is 0 Å². The van der Waals surface area contributed by atoms with Gasteiger partial charge >= 0.3 is 0 Å². The van der Waals surface area contributed by atoms with Crippen LogP contribution in [0.5, 0.6) is 5.75 Å². The van der Waals surface area contributed by atoms with Gasteiger partial charge in [-0.1, -0.05) is 0 Å². The molecule has 5 fully saturated rings. The first-order valence-corrected chi connectivity index (χ1v) is 8.69. The molecule has 0 N–H and O–H groups in total. The first kappa shape index (κ1) is 12.4. The lowest BCUT2D eigenvalue weighted by Gasteiger charge is -2.57. The molecule has 0 amide bonds. The lowest BCUT2D eigenvalue weighted by molar-refractivity contribution is -0.00613. The summed E-state index contributed by atoms with van der Waals surface area (Å²) in [6, 6.07) is 6.94. The molecule has 6 rings (SSSR count). The smallest absolute Gasteiger partial charge is 0.122 e. The molecular formula is C19H25NO. The maximum absolute atomic E-state index is 5.77. The SMILES string of the molecule is COc1ccc(N2CC2)cc1C12CC3CC(CC(C3)C1)C2. The van der Waals surface area contributed by atoms with Gasteiger partial charge in [0.25, 0.3) is 0 Å². The fourth-order valence-electron chi connectivity index (χ4n) is 6.06. The summed E-state index contributed by atoms with van der Waals surface area (Å²) >= 11 is 0. The predicted octanol–water partition coefficient (Wildman–Crippen LogP) is 3.98. The van der Waals surface area contributed by atoms with E-state index in [0.717, 1.165) is 23.5 Å². The quantitative estimate of drug-likeness (QED) is 0.778. The van der Waals surface area contributed by atoms with Crippen molar-refractivity contribution >= 4 is 5.69 Å². The van der Waals surface area contributed by atoms with Crippen molar-refractivity contribution in [2.24, 2.45) is 17.8 Å². The largest absolute Gasteiger partial charge is 0.496 e. The number of rotatable bonds is 3. The van der Waals surface area contributed by atoms with Crippen molar-refractivity contribution in [2.75, 3.05) is 25.1 Å². The van der Waals surface area contributed by atoms with E-state index in [1.165, 1.54) is 62.9 Å². The molecule has 2 heteroatoms. The van der Waals surface area contributed by atoms with Gasteiger partial charge in [0.2, 0.25) is 0 Å². The second-order valence-electron chi connectivity index (χ2n) is 8.07. The van der Waals surface area contributed by atoms with Gasteiger partial charge in [-0.3, -0.25) is 0 Å². The highest BCUT2D eigenvalue weighted by Crippen LogP contribution is 2.62. The summed E-state index contributed by atoms with van der Waals surface area (Å²) in [7, 11) is 1.84. The van der Waals surface area contributed by atoms with Crippen LogP contribution in [0.1, 0.15) is 44.1 Å². The molecule has 1 heterocycles. The monoisotopic (exact) mass is 283 g/mol. The molecule has 0 spiro atoms. The molecular weight excluding hydrogens is 258 g/mol. The normalized spacial score (nSPS) is 39.7. The molecule has 0 radical (unpaired) electrons. The van der Waals surface area contributed by atoms with E-state index >= 15 is 0 Å².